The number of rotatable bonds is 8. The SMILES string of the molecule is CC(CSOSCC(C)c1ccccc1)c1ccccc1. The van der Waals surface area contributed by atoms with Crippen LogP contribution in [0.15, 0.2) is 60.7 Å². The Bertz CT molecular complexity index is 454. The Morgan fingerprint density at radius 1 is 0.714 bits per heavy atom. The molecular formula is C18H22OS2. The highest BCUT2D eigenvalue weighted by Gasteiger charge is 2.08. The lowest BCUT2D eigenvalue weighted by Crippen LogP contribution is -1.98. The summed E-state index contributed by atoms with van der Waals surface area (Å²) >= 11 is 3.11. The molecule has 2 atom stereocenters. The third-order valence-electron chi connectivity index (χ3n) is 3.47. The standard InChI is InChI=1S/C18H22OS2/c1-15(17-9-5-3-6-10-17)13-20-19-21-14-16(2)18-11-7-4-8-12-18/h3-12,15-16H,13-14H2,1-2H3. The first-order valence-corrected chi connectivity index (χ1v) is 9.10. The third-order valence-corrected chi connectivity index (χ3v) is 5.51. The Balaban J connectivity index is 1.62. The van der Waals surface area contributed by atoms with Crippen LogP contribution < -0.4 is 0 Å². The quantitative estimate of drug-likeness (QED) is 0.442. The summed E-state index contributed by atoms with van der Waals surface area (Å²) in [6, 6.07) is 21.2. The summed E-state index contributed by atoms with van der Waals surface area (Å²) in [5.41, 5.74) is 2.74. The van der Waals surface area contributed by atoms with Crippen molar-refractivity contribution in [2.24, 2.45) is 0 Å². The lowest BCUT2D eigenvalue weighted by molar-refractivity contribution is 0.731. The highest BCUT2D eigenvalue weighted by atomic mass is 32.2. The lowest BCUT2D eigenvalue weighted by atomic mass is 10.0. The zero-order valence-electron chi connectivity index (χ0n) is 12.6. The van der Waals surface area contributed by atoms with Crippen LogP contribution in [0.1, 0.15) is 36.8 Å². The van der Waals surface area contributed by atoms with Crippen LogP contribution in [-0.4, -0.2) is 11.5 Å². The molecule has 0 fully saturated rings. The maximum Gasteiger partial charge on any atom is 0.0276 e. The molecule has 2 aromatic carbocycles. The van der Waals surface area contributed by atoms with Crippen LogP contribution in [0.4, 0.5) is 0 Å². The fourth-order valence-corrected chi connectivity index (χ4v) is 3.56. The topological polar surface area (TPSA) is 9.23 Å². The van der Waals surface area contributed by atoms with Gasteiger partial charge in [0.1, 0.15) is 0 Å². The van der Waals surface area contributed by atoms with Gasteiger partial charge in [-0.05, 0) is 23.0 Å². The van der Waals surface area contributed by atoms with Gasteiger partial charge >= 0.3 is 0 Å². The molecule has 0 amide bonds. The second kappa shape index (κ2) is 9.19. The predicted molar refractivity (Wildman–Crippen MR) is 95.7 cm³/mol. The molecule has 2 rings (SSSR count). The Labute approximate surface area is 136 Å². The van der Waals surface area contributed by atoms with E-state index in [1.54, 1.807) is 24.1 Å². The van der Waals surface area contributed by atoms with Crippen molar-refractivity contribution in [3.63, 3.8) is 0 Å². The van der Waals surface area contributed by atoms with Crippen LogP contribution in [0.5, 0.6) is 0 Å². The molecule has 0 aliphatic rings. The summed E-state index contributed by atoms with van der Waals surface area (Å²) in [5.74, 6) is 3.00. The van der Waals surface area contributed by atoms with Crippen molar-refractivity contribution in [3.8, 4) is 0 Å². The summed E-state index contributed by atoms with van der Waals surface area (Å²) in [4.78, 5) is 0. The molecule has 0 aromatic heterocycles. The zero-order chi connectivity index (χ0) is 14.9. The molecule has 0 spiro atoms. The van der Waals surface area contributed by atoms with Gasteiger partial charge in [-0.2, -0.15) is 0 Å². The van der Waals surface area contributed by atoms with Crippen molar-refractivity contribution >= 4 is 24.1 Å². The van der Waals surface area contributed by atoms with Crippen LogP contribution in [0.3, 0.4) is 0 Å². The van der Waals surface area contributed by atoms with E-state index >= 15 is 0 Å². The minimum atomic E-state index is 0.517. The Kier molecular flexibility index (Phi) is 7.20. The van der Waals surface area contributed by atoms with Gasteiger partial charge in [-0.25, -0.2) is 3.63 Å². The molecule has 0 heterocycles. The number of hydrogen-bond donors (Lipinski definition) is 0. The van der Waals surface area contributed by atoms with Crippen LogP contribution in [0, 0.1) is 0 Å². The average Bonchev–Trinajstić information content (AvgIpc) is 2.55. The van der Waals surface area contributed by atoms with Crippen molar-refractivity contribution in [2.75, 3.05) is 11.5 Å². The second-order valence-corrected chi connectivity index (χ2v) is 6.94. The molecule has 21 heavy (non-hydrogen) atoms. The maximum atomic E-state index is 5.65. The highest BCUT2D eigenvalue weighted by Crippen LogP contribution is 2.27. The molecule has 0 saturated carbocycles. The van der Waals surface area contributed by atoms with Gasteiger partial charge in [0.15, 0.2) is 0 Å². The van der Waals surface area contributed by atoms with Gasteiger partial charge in [-0.15, -0.1) is 0 Å². The summed E-state index contributed by atoms with van der Waals surface area (Å²) in [5, 5.41) is 0. The first-order valence-electron chi connectivity index (χ1n) is 7.28. The average molecular weight is 319 g/mol. The number of benzene rings is 2. The van der Waals surface area contributed by atoms with Crippen LogP contribution in [0.2, 0.25) is 0 Å². The molecule has 1 nitrogen and oxygen atoms in total. The Morgan fingerprint density at radius 3 is 1.48 bits per heavy atom. The van der Waals surface area contributed by atoms with E-state index in [9.17, 15) is 0 Å². The van der Waals surface area contributed by atoms with Crippen LogP contribution >= 0.6 is 24.1 Å². The van der Waals surface area contributed by atoms with E-state index in [1.165, 1.54) is 11.1 Å². The normalized spacial score (nSPS) is 13.8. The van der Waals surface area contributed by atoms with Gasteiger partial charge in [0.05, 0.1) is 0 Å². The Hall–Kier alpha value is -0.900. The van der Waals surface area contributed by atoms with Gasteiger partial charge in [-0.3, -0.25) is 0 Å². The van der Waals surface area contributed by atoms with E-state index in [4.69, 9.17) is 3.63 Å². The highest BCUT2D eigenvalue weighted by molar-refractivity contribution is 8.07. The lowest BCUT2D eigenvalue weighted by Gasteiger charge is -2.12. The minimum Gasteiger partial charge on any atom is -0.247 e. The largest absolute Gasteiger partial charge is 0.247 e. The maximum absolute atomic E-state index is 5.65. The summed E-state index contributed by atoms with van der Waals surface area (Å²) in [6.45, 7) is 4.48. The fraction of sp³-hybridized carbons (Fsp3) is 0.333. The molecule has 3 heteroatoms. The molecule has 2 unspecified atom stereocenters. The van der Waals surface area contributed by atoms with E-state index in [0.29, 0.717) is 11.8 Å². The van der Waals surface area contributed by atoms with Gasteiger partial charge in [0.2, 0.25) is 0 Å². The summed E-state index contributed by atoms with van der Waals surface area (Å²) < 4.78 is 5.65. The monoisotopic (exact) mass is 318 g/mol. The van der Waals surface area contributed by atoms with Crippen LogP contribution in [-0.2, 0) is 3.63 Å². The molecule has 0 N–H and O–H groups in total. The van der Waals surface area contributed by atoms with Crippen LogP contribution in [0.25, 0.3) is 0 Å². The molecule has 0 saturated heterocycles. The first kappa shape index (κ1) is 16.5. The van der Waals surface area contributed by atoms with Gasteiger partial charge in [0, 0.05) is 35.6 Å². The van der Waals surface area contributed by atoms with Crippen molar-refractivity contribution in [1.82, 2.24) is 0 Å². The van der Waals surface area contributed by atoms with Crippen molar-refractivity contribution in [3.05, 3.63) is 71.8 Å². The van der Waals surface area contributed by atoms with Gasteiger partial charge in [-0.1, -0.05) is 74.5 Å². The van der Waals surface area contributed by atoms with Crippen molar-refractivity contribution < 1.29 is 3.63 Å². The van der Waals surface area contributed by atoms with E-state index < -0.39 is 0 Å². The Morgan fingerprint density at radius 2 is 1.10 bits per heavy atom. The zero-order valence-corrected chi connectivity index (χ0v) is 14.2. The van der Waals surface area contributed by atoms with E-state index in [-0.39, 0.29) is 0 Å². The number of hydrogen-bond acceptors (Lipinski definition) is 3. The van der Waals surface area contributed by atoms with E-state index in [2.05, 4.69) is 74.5 Å². The second-order valence-electron chi connectivity index (χ2n) is 5.26. The van der Waals surface area contributed by atoms with Crippen molar-refractivity contribution in [2.45, 2.75) is 25.7 Å². The molecule has 2 aromatic rings. The molecule has 112 valence electrons. The summed E-state index contributed by atoms with van der Waals surface area (Å²) in [6.07, 6.45) is 0. The molecule has 0 bridgehead atoms. The fourth-order valence-electron chi connectivity index (χ4n) is 2.05. The van der Waals surface area contributed by atoms with E-state index in [0.717, 1.165) is 11.5 Å². The first-order chi connectivity index (χ1) is 10.3. The van der Waals surface area contributed by atoms with E-state index in [1.807, 2.05) is 0 Å². The third kappa shape index (κ3) is 5.77. The molecular weight excluding hydrogens is 296 g/mol. The molecule has 0 radical (unpaired) electrons. The minimum absolute atomic E-state index is 0.517. The van der Waals surface area contributed by atoms with Gasteiger partial charge < -0.3 is 0 Å². The molecule has 0 aliphatic heterocycles. The van der Waals surface area contributed by atoms with Crippen molar-refractivity contribution in [1.29, 1.82) is 0 Å². The van der Waals surface area contributed by atoms with Gasteiger partial charge in [0.25, 0.3) is 0 Å². The predicted octanol–water partition coefficient (Wildman–Crippen LogP) is 5.91. The smallest absolute Gasteiger partial charge is 0.0276 e. The molecule has 0 aliphatic carbocycles. The summed E-state index contributed by atoms with van der Waals surface area (Å²) in [7, 11) is 0.